The van der Waals surface area contributed by atoms with Gasteiger partial charge in [-0.05, 0) is 29.8 Å². The van der Waals surface area contributed by atoms with Crippen LogP contribution in [0.25, 0.3) is 22.1 Å². The molecule has 0 saturated carbocycles. The van der Waals surface area contributed by atoms with Gasteiger partial charge in [0.15, 0.2) is 11.1 Å². The number of H-pyrrole nitrogens is 2. The minimum Gasteiger partial charge on any atom is -0.361 e. The van der Waals surface area contributed by atoms with Gasteiger partial charge in [-0.1, -0.05) is 41.9 Å². The number of amides is 1. The van der Waals surface area contributed by atoms with Crippen LogP contribution in [0.5, 0.6) is 0 Å². The van der Waals surface area contributed by atoms with E-state index in [9.17, 15) is 9.59 Å². The highest BCUT2D eigenvalue weighted by Crippen LogP contribution is 2.23. The van der Waals surface area contributed by atoms with Crippen LogP contribution in [-0.4, -0.2) is 25.8 Å². The number of rotatable bonds is 4. The Balaban J connectivity index is 1.59. The number of aromatic amines is 2. The zero-order chi connectivity index (χ0) is 21.4. The number of nitrogens with zero attached hydrogens (tertiary/aromatic N) is 2. The van der Waals surface area contributed by atoms with Crippen LogP contribution < -0.4 is 10.7 Å². The van der Waals surface area contributed by atoms with E-state index in [0.29, 0.717) is 38.2 Å². The average Bonchev–Trinajstić information content (AvgIpc) is 3.26. The number of nitrogens with one attached hydrogen (secondary N) is 3. The first-order valence-electron chi connectivity index (χ1n) is 9.56. The molecule has 31 heavy (non-hydrogen) atoms. The Hall–Kier alpha value is -3.97. The summed E-state index contributed by atoms with van der Waals surface area (Å²) in [6.07, 6.45) is 4.61. The first-order chi connectivity index (χ1) is 15.1. The maximum Gasteiger partial charge on any atom is 0.253 e. The van der Waals surface area contributed by atoms with E-state index in [1.165, 1.54) is 12.5 Å². The average molecular weight is 430 g/mol. The zero-order valence-electron chi connectivity index (χ0n) is 16.1. The van der Waals surface area contributed by atoms with Gasteiger partial charge in [-0.2, -0.15) is 0 Å². The number of fused-ring (bicyclic) bond motifs is 2. The van der Waals surface area contributed by atoms with E-state index < -0.39 is 6.04 Å². The van der Waals surface area contributed by atoms with Gasteiger partial charge >= 0.3 is 0 Å². The van der Waals surface area contributed by atoms with Crippen molar-refractivity contribution < 1.29 is 4.79 Å². The standard InChI is InChI=1S/C23H16ClN5O2/c24-15-6-7-16-18(9-15)25-11-17(21(16)30)20(13-4-2-1-3-5-13)29-23(31)14-8-19-22(26-10-14)28-12-27-19/h1-12,20H,(H,25,30)(H,29,31)(H,26,27,28). The van der Waals surface area contributed by atoms with Crippen LogP contribution in [0.1, 0.15) is 27.5 Å². The lowest BCUT2D eigenvalue weighted by Crippen LogP contribution is -2.32. The van der Waals surface area contributed by atoms with Crippen molar-refractivity contribution in [1.82, 2.24) is 25.3 Å². The molecule has 1 atom stereocenters. The second kappa shape index (κ2) is 7.70. The fourth-order valence-electron chi connectivity index (χ4n) is 3.58. The number of hydrogen-bond acceptors (Lipinski definition) is 4. The summed E-state index contributed by atoms with van der Waals surface area (Å²) in [5.41, 5.74) is 3.21. The van der Waals surface area contributed by atoms with Crippen LogP contribution >= 0.6 is 11.6 Å². The Kier molecular flexibility index (Phi) is 4.72. The monoisotopic (exact) mass is 429 g/mol. The van der Waals surface area contributed by atoms with E-state index in [2.05, 4.69) is 25.3 Å². The van der Waals surface area contributed by atoms with Gasteiger partial charge in [-0.3, -0.25) is 9.59 Å². The number of carbonyl (C=O) groups is 1. The van der Waals surface area contributed by atoms with Gasteiger partial charge in [0.25, 0.3) is 5.91 Å². The predicted molar refractivity (Wildman–Crippen MR) is 119 cm³/mol. The number of aromatic nitrogens is 4. The topological polar surface area (TPSA) is 104 Å². The van der Waals surface area contributed by atoms with Crippen LogP contribution in [-0.2, 0) is 0 Å². The summed E-state index contributed by atoms with van der Waals surface area (Å²) in [4.78, 5) is 40.7. The van der Waals surface area contributed by atoms with Crippen LogP contribution in [0.15, 0.2) is 78.1 Å². The van der Waals surface area contributed by atoms with E-state index in [-0.39, 0.29) is 11.3 Å². The zero-order valence-corrected chi connectivity index (χ0v) is 16.9. The third-order valence-electron chi connectivity index (χ3n) is 5.13. The lowest BCUT2D eigenvalue weighted by atomic mass is 9.98. The quantitative estimate of drug-likeness (QED) is 0.402. The van der Waals surface area contributed by atoms with Gasteiger partial charge in [0.05, 0.1) is 29.0 Å². The van der Waals surface area contributed by atoms with Crippen molar-refractivity contribution in [2.24, 2.45) is 0 Å². The summed E-state index contributed by atoms with van der Waals surface area (Å²) in [6.45, 7) is 0. The van der Waals surface area contributed by atoms with Crippen molar-refractivity contribution in [3.63, 3.8) is 0 Å². The molecule has 0 bridgehead atoms. The lowest BCUT2D eigenvalue weighted by Gasteiger charge is -2.19. The van der Waals surface area contributed by atoms with Gasteiger partial charge in [0.2, 0.25) is 0 Å². The molecule has 0 fully saturated rings. The molecule has 8 heteroatoms. The number of halogens is 1. The number of benzene rings is 2. The van der Waals surface area contributed by atoms with E-state index in [1.807, 2.05) is 30.3 Å². The predicted octanol–water partition coefficient (Wildman–Crippen LogP) is 3.97. The van der Waals surface area contributed by atoms with Crippen molar-refractivity contribution in [3.8, 4) is 0 Å². The third kappa shape index (κ3) is 3.55. The number of hydrogen-bond donors (Lipinski definition) is 3. The number of carbonyl (C=O) groups excluding carboxylic acids is 1. The molecule has 0 aliphatic rings. The molecule has 3 aromatic heterocycles. The summed E-state index contributed by atoms with van der Waals surface area (Å²) in [7, 11) is 0. The highest BCUT2D eigenvalue weighted by molar-refractivity contribution is 6.31. The molecular weight excluding hydrogens is 414 g/mol. The van der Waals surface area contributed by atoms with E-state index in [4.69, 9.17) is 11.6 Å². The first kappa shape index (κ1) is 19.0. The fraction of sp³-hybridized carbons (Fsp3) is 0.0435. The molecule has 0 radical (unpaired) electrons. The molecular formula is C23H16ClN5O2. The molecule has 5 aromatic rings. The highest BCUT2D eigenvalue weighted by atomic mass is 35.5. The molecule has 0 aliphatic carbocycles. The third-order valence-corrected chi connectivity index (χ3v) is 5.36. The van der Waals surface area contributed by atoms with Crippen molar-refractivity contribution in [2.45, 2.75) is 6.04 Å². The van der Waals surface area contributed by atoms with Crippen molar-refractivity contribution in [3.05, 3.63) is 105 Å². The molecule has 152 valence electrons. The summed E-state index contributed by atoms with van der Waals surface area (Å²) in [5, 5.41) is 4.01. The maximum atomic E-state index is 13.3. The van der Waals surface area contributed by atoms with E-state index >= 15 is 0 Å². The Bertz CT molecular complexity index is 1480. The number of pyridine rings is 2. The van der Waals surface area contributed by atoms with Gasteiger partial charge in [-0.25, -0.2) is 9.97 Å². The largest absolute Gasteiger partial charge is 0.361 e. The summed E-state index contributed by atoms with van der Waals surface area (Å²) < 4.78 is 0. The summed E-state index contributed by atoms with van der Waals surface area (Å²) >= 11 is 6.05. The van der Waals surface area contributed by atoms with Crippen LogP contribution in [0.3, 0.4) is 0 Å². The second-order valence-electron chi connectivity index (χ2n) is 7.08. The molecule has 0 aliphatic heterocycles. The van der Waals surface area contributed by atoms with Crippen LogP contribution in [0.2, 0.25) is 5.02 Å². The Morgan fingerprint density at radius 2 is 1.84 bits per heavy atom. The van der Waals surface area contributed by atoms with Crippen LogP contribution in [0, 0.1) is 0 Å². The summed E-state index contributed by atoms with van der Waals surface area (Å²) in [6, 6.07) is 15.4. The van der Waals surface area contributed by atoms with E-state index in [0.717, 1.165) is 5.56 Å². The summed E-state index contributed by atoms with van der Waals surface area (Å²) in [5.74, 6) is -0.353. The Morgan fingerprint density at radius 3 is 2.68 bits per heavy atom. The Labute approximate surface area is 181 Å². The maximum absolute atomic E-state index is 13.3. The van der Waals surface area contributed by atoms with Gasteiger partial charge in [0, 0.05) is 28.4 Å². The second-order valence-corrected chi connectivity index (χ2v) is 7.51. The number of imidazole rings is 1. The molecule has 2 aromatic carbocycles. The molecule has 3 N–H and O–H groups in total. The van der Waals surface area contributed by atoms with Crippen molar-refractivity contribution >= 4 is 39.6 Å². The van der Waals surface area contributed by atoms with Crippen molar-refractivity contribution in [2.75, 3.05) is 0 Å². The lowest BCUT2D eigenvalue weighted by molar-refractivity contribution is 0.0942. The highest BCUT2D eigenvalue weighted by Gasteiger charge is 2.22. The molecule has 5 rings (SSSR count). The first-order valence-corrected chi connectivity index (χ1v) is 9.94. The molecule has 0 saturated heterocycles. The van der Waals surface area contributed by atoms with Crippen molar-refractivity contribution in [1.29, 1.82) is 0 Å². The SMILES string of the molecule is O=C(NC(c1ccccc1)c1c[nH]c2cc(Cl)ccc2c1=O)c1cnc2nc[nH]c2c1. The molecule has 1 amide bonds. The normalized spacial score (nSPS) is 12.2. The minimum atomic E-state index is -0.657. The Morgan fingerprint density at radius 1 is 1.00 bits per heavy atom. The molecule has 1 unspecified atom stereocenters. The minimum absolute atomic E-state index is 0.179. The smallest absolute Gasteiger partial charge is 0.253 e. The molecule has 0 spiro atoms. The van der Waals surface area contributed by atoms with Gasteiger partial charge < -0.3 is 15.3 Å². The fourth-order valence-corrected chi connectivity index (χ4v) is 3.75. The van der Waals surface area contributed by atoms with Gasteiger partial charge in [0.1, 0.15) is 0 Å². The van der Waals surface area contributed by atoms with Crippen LogP contribution in [0.4, 0.5) is 0 Å². The van der Waals surface area contributed by atoms with Gasteiger partial charge in [-0.15, -0.1) is 0 Å². The molecule has 3 heterocycles. The van der Waals surface area contributed by atoms with E-state index in [1.54, 1.807) is 30.5 Å². The molecule has 7 nitrogen and oxygen atoms in total.